The second-order valence-corrected chi connectivity index (χ2v) is 4.94. The molecule has 0 aliphatic carbocycles. The molecule has 0 saturated heterocycles. The van der Waals surface area contributed by atoms with Crippen LogP contribution in [0.4, 0.5) is 4.39 Å². The average molecular weight is 234 g/mol. The maximum absolute atomic E-state index is 13.2. The maximum Gasteiger partial charge on any atom is 0.123 e. The lowest BCUT2D eigenvalue weighted by atomic mass is 9.78. The molecule has 0 bridgehead atoms. The number of hydrogen-bond donors (Lipinski definition) is 0. The summed E-state index contributed by atoms with van der Waals surface area (Å²) >= 11 is 0. The molecule has 0 fully saturated rings. The van der Waals surface area contributed by atoms with Gasteiger partial charge < -0.3 is 0 Å². The van der Waals surface area contributed by atoms with E-state index in [4.69, 9.17) is 0 Å². The van der Waals surface area contributed by atoms with Crippen molar-refractivity contribution in [3.63, 3.8) is 0 Å². The molecule has 0 heterocycles. The Kier molecular flexibility index (Phi) is 5.40. The van der Waals surface area contributed by atoms with Gasteiger partial charge in [0.05, 0.1) is 0 Å². The van der Waals surface area contributed by atoms with E-state index in [-0.39, 0.29) is 11.2 Å². The van der Waals surface area contributed by atoms with Crippen molar-refractivity contribution in [1.82, 2.24) is 0 Å². The van der Waals surface area contributed by atoms with Crippen LogP contribution < -0.4 is 0 Å². The van der Waals surface area contributed by atoms with Gasteiger partial charge in [0.15, 0.2) is 0 Å². The molecule has 0 aliphatic rings. The zero-order chi connectivity index (χ0) is 12.7. The van der Waals surface area contributed by atoms with Gasteiger partial charge in [-0.05, 0) is 24.1 Å². The molecule has 0 radical (unpaired) electrons. The summed E-state index contributed by atoms with van der Waals surface area (Å²) in [6.07, 6.45) is 7.93. The molecule has 1 rings (SSSR count). The minimum atomic E-state index is -0.163. The van der Waals surface area contributed by atoms with Crippen molar-refractivity contribution in [3.8, 4) is 0 Å². The molecule has 17 heavy (non-hydrogen) atoms. The van der Waals surface area contributed by atoms with Crippen molar-refractivity contribution >= 4 is 0 Å². The number of unbranched alkanes of at least 4 members (excludes halogenated alkanes) is 3. The fourth-order valence-corrected chi connectivity index (χ4v) is 2.13. The molecule has 0 aromatic heterocycles. The Morgan fingerprint density at radius 3 is 2.65 bits per heavy atom. The van der Waals surface area contributed by atoms with E-state index in [2.05, 4.69) is 20.4 Å². The summed E-state index contributed by atoms with van der Waals surface area (Å²) in [7, 11) is 0. The molecule has 0 saturated carbocycles. The Labute approximate surface area is 105 Å². The van der Waals surface area contributed by atoms with E-state index in [9.17, 15) is 4.39 Å². The predicted octanol–water partition coefficient (Wildman–Crippen LogP) is 5.24. The van der Waals surface area contributed by atoms with Gasteiger partial charge >= 0.3 is 0 Å². The molecule has 0 unspecified atom stereocenters. The van der Waals surface area contributed by atoms with Gasteiger partial charge in [-0.15, -0.1) is 6.58 Å². The maximum atomic E-state index is 13.2. The molecular weight excluding hydrogens is 211 g/mol. The van der Waals surface area contributed by atoms with Crippen LogP contribution in [0.2, 0.25) is 0 Å². The molecule has 0 amide bonds. The normalized spacial score (nSPS) is 14.3. The summed E-state index contributed by atoms with van der Waals surface area (Å²) < 4.78 is 13.2. The van der Waals surface area contributed by atoms with Crippen LogP contribution in [0.3, 0.4) is 0 Å². The Morgan fingerprint density at radius 1 is 1.29 bits per heavy atom. The summed E-state index contributed by atoms with van der Waals surface area (Å²) in [6, 6.07) is 6.88. The van der Waals surface area contributed by atoms with E-state index in [1.54, 1.807) is 12.1 Å². The first kappa shape index (κ1) is 14.0. The fourth-order valence-electron chi connectivity index (χ4n) is 2.13. The van der Waals surface area contributed by atoms with Crippen molar-refractivity contribution in [2.75, 3.05) is 0 Å². The summed E-state index contributed by atoms with van der Waals surface area (Å²) in [5, 5.41) is 0. The molecule has 1 aromatic rings. The van der Waals surface area contributed by atoms with Crippen molar-refractivity contribution in [1.29, 1.82) is 0 Å². The zero-order valence-corrected chi connectivity index (χ0v) is 11.0. The monoisotopic (exact) mass is 234 g/mol. The van der Waals surface area contributed by atoms with Crippen LogP contribution in [0, 0.1) is 5.82 Å². The first-order chi connectivity index (χ1) is 8.12. The third kappa shape index (κ3) is 3.99. The molecule has 0 N–H and O–H groups in total. The number of rotatable bonds is 7. The molecular formula is C16H23F. The van der Waals surface area contributed by atoms with Gasteiger partial charge in [0.1, 0.15) is 5.82 Å². The van der Waals surface area contributed by atoms with Gasteiger partial charge in [-0.25, -0.2) is 4.39 Å². The lowest BCUT2D eigenvalue weighted by Gasteiger charge is -2.26. The highest BCUT2D eigenvalue weighted by Crippen LogP contribution is 2.31. The fraction of sp³-hybridized carbons (Fsp3) is 0.500. The number of benzene rings is 1. The Balaban J connectivity index is 2.70. The molecule has 0 spiro atoms. The van der Waals surface area contributed by atoms with Crippen LogP contribution in [0.15, 0.2) is 36.9 Å². The van der Waals surface area contributed by atoms with E-state index < -0.39 is 0 Å². The van der Waals surface area contributed by atoms with E-state index >= 15 is 0 Å². The van der Waals surface area contributed by atoms with Crippen LogP contribution in [-0.4, -0.2) is 0 Å². The Morgan fingerprint density at radius 2 is 2.06 bits per heavy atom. The SMILES string of the molecule is C=C[C@@](C)(CCCCCC)c1cccc(F)c1. The smallest absolute Gasteiger partial charge is 0.123 e. The topological polar surface area (TPSA) is 0 Å². The van der Waals surface area contributed by atoms with Crippen LogP contribution in [0.25, 0.3) is 0 Å². The number of allylic oxidation sites excluding steroid dienone is 1. The summed E-state index contributed by atoms with van der Waals surface area (Å²) in [5.41, 5.74) is 0.930. The van der Waals surface area contributed by atoms with Crippen molar-refractivity contribution in [2.24, 2.45) is 0 Å². The van der Waals surface area contributed by atoms with Crippen molar-refractivity contribution in [3.05, 3.63) is 48.3 Å². The van der Waals surface area contributed by atoms with E-state index in [0.29, 0.717) is 0 Å². The second-order valence-electron chi connectivity index (χ2n) is 4.94. The highest BCUT2D eigenvalue weighted by atomic mass is 19.1. The van der Waals surface area contributed by atoms with Crippen LogP contribution in [0.5, 0.6) is 0 Å². The minimum Gasteiger partial charge on any atom is -0.207 e. The van der Waals surface area contributed by atoms with Crippen LogP contribution >= 0.6 is 0 Å². The molecule has 1 aromatic carbocycles. The van der Waals surface area contributed by atoms with E-state index in [0.717, 1.165) is 12.0 Å². The van der Waals surface area contributed by atoms with Gasteiger partial charge in [0.2, 0.25) is 0 Å². The summed E-state index contributed by atoms with van der Waals surface area (Å²) in [5.74, 6) is -0.163. The molecule has 0 nitrogen and oxygen atoms in total. The van der Waals surface area contributed by atoms with E-state index in [1.165, 1.54) is 31.7 Å². The highest BCUT2D eigenvalue weighted by molar-refractivity contribution is 5.29. The molecule has 1 heteroatoms. The van der Waals surface area contributed by atoms with Crippen molar-refractivity contribution < 1.29 is 4.39 Å². The Bertz CT molecular complexity index is 356. The van der Waals surface area contributed by atoms with Crippen molar-refractivity contribution in [2.45, 2.75) is 51.4 Å². The number of hydrogen-bond acceptors (Lipinski definition) is 0. The van der Waals surface area contributed by atoms with Gasteiger partial charge in [-0.3, -0.25) is 0 Å². The predicted molar refractivity (Wildman–Crippen MR) is 72.7 cm³/mol. The van der Waals surface area contributed by atoms with Gasteiger partial charge in [-0.1, -0.05) is 57.7 Å². The lowest BCUT2D eigenvalue weighted by Crippen LogP contribution is -2.18. The summed E-state index contributed by atoms with van der Waals surface area (Å²) in [6.45, 7) is 8.26. The largest absolute Gasteiger partial charge is 0.207 e. The highest BCUT2D eigenvalue weighted by Gasteiger charge is 2.22. The van der Waals surface area contributed by atoms with Gasteiger partial charge in [0.25, 0.3) is 0 Å². The molecule has 1 atom stereocenters. The lowest BCUT2D eigenvalue weighted by molar-refractivity contribution is 0.489. The third-order valence-corrected chi connectivity index (χ3v) is 3.48. The molecule has 94 valence electrons. The number of halogens is 1. The van der Waals surface area contributed by atoms with E-state index in [1.807, 2.05) is 12.1 Å². The quantitative estimate of drug-likeness (QED) is 0.447. The van der Waals surface area contributed by atoms with Gasteiger partial charge in [0, 0.05) is 5.41 Å². The third-order valence-electron chi connectivity index (χ3n) is 3.48. The second kappa shape index (κ2) is 6.58. The summed E-state index contributed by atoms with van der Waals surface area (Å²) in [4.78, 5) is 0. The minimum absolute atomic E-state index is 0.101. The average Bonchev–Trinajstić information content (AvgIpc) is 2.34. The van der Waals surface area contributed by atoms with Crippen LogP contribution in [0.1, 0.15) is 51.5 Å². The van der Waals surface area contributed by atoms with Crippen LogP contribution in [-0.2, 0) is 5.41 Å². The standard InChI is InChI=1S/C16H23F/c1-4-6-7-8-12-16(3,5-2)14-10-9-11-15(17)13-14/h5,9-11,13H,2,4,6-8,12H2,1,3H3/t16-/m0/s1. The first-order valence-electron chi connectivity index (χ1n) is 6.52. The molecule has 0 aliphatic heterocycles. The first-order valence-corrected chi connectivity index (χ1v) is 6.52. The Hall–Kier alpha value is -1.11. The van der Waals surface area contributed by atoms with Gasteiger partial charge in [-0.2, -0.15) is 0 Å². The zero-order valence-electron chi connectivity index (χ0n) is 11.0.